The quantitative estimate of drug-likeness (QED) is 0.899. The Hall–Kier alpha value is -1.43. The van der Waals surface area contributed by atoms with Gasteiger partial charge in [-0.15, -0.1) is 11.3 Å². The van der Waals surface area contributed by atoms with Crippen molar-refractivity contribution in [1.82, 2.24) is 9.88 Å². The lowest BCUT2D eigenvalue weighted by Gasteiger charge is -2.30. The molecular weight excluding hydrogens is 262 g/mol. The van der Waals surface area contributed by atoms with Crippen molar-refractivity contribution in [2.75, 3.05) is 13.1 Å². The average molecular weight is 281 g/mol. The van der Waals surface area contributed by atoms with E-state index in [1.165, 1.54) is 0 Å². The van der Waals surface area contributed by atoms with E-state index in [0.29, 0.717) is 32.4 Å². The number of thiazole rings is 1. The molecule has 6 heteroatoms. The summed E-state index contributed by atoms with van der Waals surface area (Å²) in [4.78, 5) is 30.5. The van der Waals surface area contributed by atoms with Crippen LogP contribution in [0.1, 0.15) is 28.4 Å². The van der Waals surface area contributed by atoms with Crippen LogP contribution < -0.4 is 5.73 Å². The molecule has 5 nitrogen and oxygen atoms in total. The lowest BCUT2D eigenvalue weighted by Crippen LogP contribution is -2.42. The minimum atomic E-state index is -0.249. The van der Waals surface area contributed by atoms with Gasteiger partial charge in [-0.1, -0.05) is 0 Å². The summed E-state index contributed by atoms with van der Waals surface area (Å²) in [7, 11) is 0. The Morgan fingerprint density at radius 2 is 2.00 bits per heavy atom. The Labute approximate surface area is 116 Å². The first-order valence-corrected chi connectivity index (χ1v) is 7.29. The van der Waals surface area contributed by atoms with Crippen LogP contribution in [0, 0.1) is 19.8 Å². The number of amides is 2. The molecule has 2 rings (SSSR count). The normalized spacial score (nSPS) is 16.6. The van der Waals surface area contributed by atoms with Crippen LogP contribution in [0.15, 0.2) is 0 Å². The van der Waals surface area contributed by atoms with E-state index in [1.54, 1.807) is 11.3 Å². The van der Waals surface area contributed by atoms with Crippen LogP contribution in [0.2, 0.25) is 0 Å². The SMILES string of the molecule is Cc1nc(C)c(CC(=O)N2CCC(C(N)=O)CC2)s1. The fraction of sp³-hybridized carbons (Fsp3) is 0.615. The molecule has 1 aliphatic rings. The van der Waals surface area contributed by atoms with Gasteiger partial charge < -0.3 is 10.6 Å². The number of aromatic nitrogens is 1. The van der Waals surface area contributed by atoms with Gasteiger partial charge in [-0.2, -0.15) is 0 Å². The van der Waals surface area contributed by atoms with Crippen LogP contribution >= 0.6 is 11.3 Å². The minimum absolute atomic E-state index is 0.0727. The third-order valence-electron chi connectivity index (χ3n) is 3.56. The summed E-state index contributed by atoms with van der Waals surface area (Å²) in [5.41, 5.74) is 6.23. The third-order valence-corrected chi connectivity index (χ3v) is 4.63. The highest BCUT2D eigenvalue weighted by Crippen LogP contribution is 2.21. The topological polar surface area (TPSA) is 76.3 Å². The van der Waals surface area contributed by atoms with Crippen LogP contribution in [0.25, 0.3) is 0 Å². The second-order valence-electron chi connectivity index (χ2n) is 4.98. The van der Waals surface area contributed by atoms with Gasteiger partial charge in [-0.05, 0) is 26.7 Å². The number of hydrogen-bond acceptors (Lipinski definition) is 4. The fourth-order valence-electron chi connectivity index (χ4n) is 2.40. The molecule has 104 valence electrons. The number of nitrogens with zero attached hydrogens (tertiary/aromatic N) is 2. The van der Waals surface area contributed by atoms with Gasteiger partial charge in [0.05, 0.1) is 17.1 Å². The first-order valence-electron chi connectivity index (χ1n) is 6.47. The molecule has 0 atom stereocenters. The maximum absolute atomic E-state index is 12.2. The van der Waals surface area contributed by atoms with Crippen molar-refractivity contribution >= 4 is 23.2 Å². The number of primary amides is 1. The highest BCUT2D eigenvalue weighted by atomic mass is 32.1. The standard InChI is InChI=1S/C13H19N3O2S/c1-8-11(19-9(2)15-8)7-12(17)16-5-3-10(4-6-16)13(14)18/h10H,3-7H2,1-2H3,(H2,14,18). The van der Waals surface area contributed by atoms with E-state index in [4.69, 9.17) is 5.73 Å². The van der Waals surface area contributed by atoms with Gasteiger partial charge in [0.25, 0.3) is 0 Å². The molecular formula is C13H19N3O2S. The van der Waals surface area contributed by atoms with Gasteiger partial charge in [0, 0.05) is 23.9 Å². The van der Waals surface area contributed by atoms with Crippen molar-refractivity contribution in [3.8, 4) is 0 Å². The highest BCUT2D eigenvalue weighted by molar-refractivity contribution is 7.11. The van der Waals surface area contributed by atoms with Gasteiger partial charge in [0.1, 0.15) is 0 Å². The summed E-state index contributed by atoms with van der Waals surface area (Å²) in [6, 6.07) is 0. The Kier molecular flexibility index (Phi) is 4.19. The first-order chi connectivity index (χ1) is 8.97. The number of piperidine rings is 1. The average Bonchev–Trinajstić information content (AvgIpc) is 2.68. The highest BCUT2D eigenvalue weighted by Gasteiger charge is 2.26. The molecule has 0 saturated carbocycles. The fourth-order valence-corrected chi connectivity index (χ4v) is 3.33. The van der Waals surface area contributed by atoms with E-state index in [2.05, 4.69) is 4.98 Å². The van der Waals surface area contributed by atoms with Crippen molar-refractivity contribution in [2.45, 2.75) is 33.1 Å². The van der Waals surface area contributed by atoms with Crippen molar-refractivity contribution in [1.29, 1.82) is 0 Å². The number of aryl methyl sites for hydroxylation is 2. The molecule has 2 heterocycles. The Bertz CT molecular complexity index is 490. The lowest BCUT2D eigenvalue weighted by atomic mass is 9.96. The predicted molar refractivity (Wildman–Crippen MR) is 73.8 cm³/mol. The van der Waals surface area contributed by atoms with Gasteiger partial charge in [-0.3, -0.25) is 9.59 Å². The number of carbonyl (C=O) groups excluding carboxylic acids is 2. The minimum Gasteiger partial charge on any atom is -0.369 e. The smallest absolute Gasteiger partial charge is 0.227 e. The van der Waals surface area contributed by atoms with E-state index in [9.17, 15) is 9.59 Å². The Balaban J connectivity index is 1.91. The zero-order chi connectivity index (χ0) is 14.0. The Morgan fingerprint density at radius 3 is 2.47 bits per heavy atom. The van der Waals surface area contributed by atoms with E-state index in [1.807, 2.05) is 18.7 Å². The van der Waals surface area contributed by atoms with Crippen LogP contribution in [0.3, 0.4) is 0 Å². The molecule has 0 bridgehead atoms. The summed E-state index contributed by atoms with van der Waals surface area (Å²) in [5.74, 6) is -0.202. The maximum atomic E-state index is 12.2. The van der Waals surface area contributed by atoms with Gasteiger partial charge >= 0.3 is 0 Å². The van der Waals surface area contributed by atoms with E-state index < -0.39 is 0 Å². The summed E-state index contributed by atoms with van der Waals surface area (Å²) < 4.78 is 0. The molecule has 0 aromatic carbocycles. The van der Waals surface area contributed by atoms with E-state index in [-0.39, 0.29) is 17.7 Å². The number of hydrogen-bond donors (Lipinski definition) is 1. The van der Waals surface area contributed by atoms with Crippen LogP contribution in [0.5, 0.6) is 0 Å². The third kappa shape index (κ3) is 3.32. The molecule has 2 amide bonds. The second-order valence-corrected chi connectivity index (χ2v) is 6.26. The van der Waals surface area contributed by atoms with Crippen LogP contribution in [-0.4, -0.2) is 34.8 Å². The van der Waals surface area contributed by atoms with Gasteiger partial charge in [-0.25, -0.2) is 4.98 Å². The number of carbonyl (C=O) groups is 2. The zero-order valence-corrected chi connectivity index (χ0v) is 12.1. The number of likely N-dealkylation sites (tertiary alicyclic amines) is 1. The predicted octanol–water partition coefficient (Wildman–Crippen LogP) is 1.03. The zero-order valence-electron chi connectivity index (χ0n) is 11.3. The maximum Gasteiger partial charge on any atom is 0.227 e. The van der Waals surface area contributed by atoms with Crippen molar-refractivity contribution < 1.29 is 9.59 Å². The monoisotopic (exact) mass is 281 g/mol. The van der Waals surface area contributed by atoms with Crippen molar-refractivity contribution in [3.63, 3.8) is 0 Å². The van der Waals surface area contributed by atoms with Crippen molar-refractivity contribution in [3.05, 3.63) is 15.6 Å². The number of nitrogens with two attached hydrogens (primary N) is 1. The molecule has 0 radical (unpaired) electrons. The second kappa shape index (κ2) is 5.69. The van der Waals surface area contributed by atoms with Gasteiger partial charge in [0.15, 0.2) is 0 Å². The lowest BCUT2D eigenvalue weighted by molar-refractivity contribution is -0.134. The van der Waals surface area contributed by atoms with Gasteiger partial charge in [0.2, 0.25) is 11.8 Å². The van der Waals surface area contributed by atoms with Crippen LogP contribution in [-0.2, 0) is 16.0 Å². The molecule has 1 fully saturated rings. The molecule has 1 saturated heterocycles. The first kappa shape index (κ1) is 14.0. The number of rotatable bonds is 3. The van der Waals surface area contributed by atoms with E-state index >= 15 is 0 Å². The molecule has 1 aliphatic heterocycles. The van der Waals surface area contributed by atoms with E-state index in [0.717, 1.165) is 15.6 Å². The largest absolute Gasteiger partial charge is 0.369 e. The van der Waals surface area contributed by atoms with Crippen molar-refractivity contribution in [2.24, 2.45) is 11.7 Å². The molecule has 0 spiro atoms. The summed E-state index contributed by atoms with van der Waals surface area (Å²) in [5, 5.41) is 0.993. The molecule has 0 unspecified atom stereocenters. The van der Waals surface area contributed by atoms with Crippen LogP contribution in [0.4, 0.5) is 0 Å². The molecule has 19 heavy (non-hydrogen) atoms. The molecule has 1 aromatic heterocycles. The molecule has 1 aromatic rings. The summed E-state index contributed by atoms with van der Waals surface area (Å²) in [6.45, 7) is 5.14. The summed E-state index contributed by atoms with van der Waals surface area (Å²) >= 11 is 1.58. The molecule has 0 aliphatic carbocycles. The Morgan fingerprint density at radius 1 is 1.37 bits per heavy atom. The summed E-state index contributed by atoms with van der Waals surface area (Å²) in [6.07, 6.45) is 1.78. The molecule has 2 N–H and O–H groups in total.